The number of ether oxygens (including phenoxy) is 2. The molecule has 4 aromatic rings. The second kappa shape index (κ2) is 11.5. The standard InChI is InChI=1S/C36H35F3N6O2/c1-3-25-28(38)9-8-23-6-4-7-26(29(23)25)31-30(39)32-27(16-40-31)33(44-18-24-10-12-35(19-44,43-24)20-46-2)42-34(41-32)47-21-36-11-5-13-45(36)17-22(14-36)15-37/h1,4,6-9,15-16,24,43H,5,10-14,17-21H2,2H3/b22-15+/t24-,35+,36?/m1/s1. The minimum atomic E-state index is -0.676. The summed E-state index contributed by atoms with van der Waals surface area (Å²) in [4.78, 5) is 18.5. The molecule has 0 radical (unpaired) electrons. The number of piperazine rings is 1. The van der Waals surface area contributed by atoms with Crippen molar-refractivity contribution in [2.24, 2.45) is 0 Å². The van der Waals surface area contributed by atoms with Crippen LogP contribution in [0.5, 0.6) is 6.01 Å². The Kier molecular flexibility index (Phi) is 7.35. The van der Waals surface area contributed by atoms with Gasteiger partial charge in [-0.15, -0.1) is 6.42 Å². The molecule has 1 N–H and O–H groups in total. The van der Waals surface area contributed by atoms with E-state index in [4.69, 9.17) is 20.9 Å². The number of aromatic nitrogens is 3. The predicted octanol–water partition coefficient (Wildman–Crippen LogP) is 5.53. The van der Waals surface area contributed by atoms with Gasteiger partial charge in [0.15, 0.2) is 5.82 Å². The summed E-state index contributed by atoms with van der Waals surface area (Å²) in [6.45, 7) is 3.48. The molecule has 4 aliphatic rings. The van der Waals surface area contributed by atoms with Crippen LogP contribution in [0.25, 0.3) is 32.9 Å². The molecule has 47 heavy (non-hydrogen) atoms. The Morgan fingerprint density at radius 2 is 2.06 bits per heavy atom. The maximum absolute atomic E-state index is 16.9. The smallest absolute Gasteiger partial charge is 0.319 e. The lowest BCUT2D eigenvalue weighted by Crippen LogP contribution is -2.61. The quantitative estimate of drug-likeness (QED) is 0.265. The Morgan fingerprint density at radius 1 is 1.17 bits per heavy atom. The molecule has 8 nitrogen and oxygen atoms in total. The summed E-state index contributed by atoms with van der Waals surface area (Å²) in [5.74, 6) is 1.73. The van der Waals surface area contributed by atoms with Crippen molar-refractivity contribution >= 4 is 27.5 Å². The van der Waals surface area contributed by atoms with Crippen LogP contribution in [-0.4, -0.2) is 83.5 Å². The van der Waals surface area contributed by atoms with Crippen molar-refractivity contribution in [3.8, 4) is 29.6 Å². The molecule has 0 amide bonds. The van der Waals surface area contributed by atoms with E-state index in [1.165, 1.54) is 6.07 Å². The van der Waals surface area contributed by atoms with Crippen molar-refractivity contribution in [3.05, 3.63) is 65.6 Å². The molecule has 2 bridgehead atoms. The predicted molar refractivity (Wildman–Crippen MR) is 174 cm³/mol. The number of rotatable bonds is 7. The first-order valence-corrected chi connectivity index (χ1v) is 16.1. The van der Waals surface area contributed by atoms with E-state index in [-0.39, 0.29) is 46.5 Å². The van der Waals surface area contributed by atoms with Crippen LogP contribution in [0, 0.1) is 24.0 Å². The number of anilines is 1. The average Bonchev–Trinajstić information content (AvgIpc) is 3.73. The Labute approximate surface area is 271 Å². The first kappa shape index (κ1) is 30.1. The molecule has 2 aromatic carbocycles. The van der Waals surface area contributed by atoms with Crippen molar-refractivity contribution in [3.63, 3.8) is 0 Å². The zero-order chi connectivity index (χ0) is 32.3. The number of benzene rings is 2. The van der Waals surface area contributed by atoms with Gasteiger partial charge in [0.05, 0.1) is 35.0 Å². The highest BCUT2D eigenvalue weighted by Gasteiger charge is 2.48. The molecule has 4 saturated heterocycles. The number of pyridine rings is 1. The van der Waals surface area contributed by atoms with Gasteiger partial charge in [-0.25, -0.2) is 13.2 Å². The maximum atomic E-state index is 16.9. The number of nitrogens with one attached hydrogen (secondary N) is 1. The molecule has 0 aliphatic carbocycles. The summed E-state index contributed by atoms with van der Waals surface area (Å²) in [5.41, 5.74) is 0.599. The lowest BCUT2D eigenvalue weighted by atomic mass is 9.94. The number of hydrogen-bond donors (Lipinski definition) is 1. The van der Waals surface area contributed by atoms with Gasteiger partial charge in [0, 0.05) is 49.9 Å². The van der Waals surface area contributed by atoms with Gasteiger partial charge >= 0.3 is 6.01 Å². The van der Waals surface area contributed by atoms with Crippen LogP contribution >= 0.6 is 0 Å². The van der Waals surface area contributed by atoms with Crippen LogP contribution in [0.2, 0.25) is 0 Å². The highest BCUT2D eigenvalue weighted by molar-refractivity contribution is 6.02. The van der Waals surface area contributed by atoms with Gasteiger partial charge in [0.2, 0.25) is 0 Å². The third kappa shape index (κ3) is 4.93. The summed E-state index contributed by atoms with van der Waals surface area (Å²) in [6, 6.07) is 8.44. The zero-order valence-electron chi connectivity index (χ0n) is 26.2. The zero-order valence-corrected chi connectivity index (χ0v) is 26.2. The Hall–Kier alpha value is -4.24. The van der Waals surface area contributed by atoms with Gasteiger partial charge in [-0.3, -0.25) is 9.88 Å². The van der Waals surface area contributed by atoms with Crippen molar-refractivity contribution in [2.75, 3.05) is 51.4 Å². The molecule has 0 saturated carbocycles. The molecule has 6 heterocycles. The molecule has 3 atom stereocenters. The molecule has 4 fully saturated rings. The molecule has 11 heteroatoms. The second-order valence-electron chi connectivity index (χ2n) is 13.4. The fourth-order valence-corrected chi connectivity index (χ4v) is 8.44. The average molecular weight is 641 g/mol. The highest BCUT2D eigenvalue weighted by Crippen LogP contribution is 2.43. The monoisotopic (exact) mass is 640 g/mol. The summed E-state index contributed by atoms with van der Waals surface area (Å²) in [7, 11) is 1.69. The van der Waals surface area contributed by atoms with Crippen LogP contribution < -0.4 is 15.0 Å². The summed E-state index contributed by atoms with van der Waals surface area (Å²) in [6.07, 6.45) is 12.4. The number of hydrogen-bond acceptors (Lipinski definition) is 8. The van der Waals surface area contributed by atoms with Gasteiger partial charge in [-0.05, 0) is 55.7 Å². The van der Waals surface area contributed by atoms with E-state index in [2.05, 4.69) is 31.0 Å². The largest absolute Gasteiger partial charge is 0.461 e. The van der Waals surface area contributed by atoms with Gasteiger partial charge in [-0.1, -0.05) is 30.2 Å². The normalized spacial score (nSPS) is 26.4. The first-order valence-electron chi connectivity index (χ1n) is 16.1. The summed E-state index contributed by atoms with van der Waals surface area (Å²) in [5, 5.41) is 5.24. The third-order valence-electron chi connectivity index (χ3n) is 10.5. The molecular formula is C36H35F3N6O2. The Morgan fingerprint density at radius 3 is 2.89 bits per heavy atom. The van der Waals surface area contributed by atoms with Gasteiger partial charge in [0.25, 0.3) is 0 Å². The van der Waals surface area contributed by atoms with Crippen molar-refractivity contribution in [1.82, 2.24) is 25.2 Å². The Bertz CT molecular complexity index is 1980. The van der Waals surface area contributed by atoms with E-state index >= 15 is 4.39 Å². The van der Waals surface area contributed by atoms with Gasteiger partial charge in [-0.2, -0.15) is 9.97 Å². The minimum Gasteiger partial charge on any atom is -0.461 e. The van der Waals surface area contributed by atoms with Crippen LogP contribution in [0.15, 0.2) is 48.4 Å². The second-order valence-corrected chi connectivity index (χ2v) is 13.4. The first-order chi connectivity index (χ1) is 22.9. The van der Waals surface area contributed by atoms with Gasteiger partial charge < -0.3 is 19.7 Å². The lowest BCUT2D eigenvalue weighted by molar-refractivity contribution is 0.107. The SMILES string of the molecule is C#Cc1c(F)ccc2cccc(-c3ncc4c(N5C[C@H]6CC[C@@](COC)(C5)N6)nc(OCC56CCCN5C/C(=C/F)C6)nc4c3F)c12. The highest BCUT2D eigenvalue weighted by atomic mass is 19.1. The van der Waals surface area contributed by atoms with E-state index in [1.54, 1.807) is 37.6 Å². The van der Waals surface area contributed by atoms with Crippen LogP contribution in [0.1, 0.15) is 37.7 Å². The molecule has 0 spiro atoms. The van der Waals surface area contributed by atoms with E-state index in [9.17, 15) is 8.78 Å². The fraction of sp³-hybridized carbons (Fsp3) is 0.417. The molecule has 8 rings (SSSR count). The van der Waals surface area contributed by atoms with Crippen LogP contribution in [-0.2, 0) is 4.74 Å². The fourth-order valence-electron chi connectivity index (χ4n) is 8.44. The number of terminal acetylenes is 1. The van der Waals surface area contributed by atoms with Gasteiger partial charge in [0.1, 0.15) is 29.5 Å². The molecule has 2 aromatic heterocycles. The van der Waals surface area contributed by atoms with Crippen molar-refractivity contribution in [2.45, 2.75) is 49.2 Å². The van der Waals surface area contributed by atoms with E-state index in [0.29, 0.717) is 66.5 Å². The number of nitrogens with zero attached hydrogens (tertiary/aromatic N) is 5. The summed E-state index contributed by atoms with van der Waals surface area (Å²) < 4.78 is 57.3. The molecule has 242 valence electrons. The van der Waals surface area contributed by atoms with E-state index in [0.717, 1.165) is 37.8 Å². The summed E-state index contributed by atoms with van der Waals surface area (Å²) >= 11 is 0. The Balaban J connectivity index is 1.26. The van der Waals surface area contributed by atoms with E-state index in [1.807, 2.05) is 0 Å². The number of halogens is 3. The molecular weight excluding hydrogens is 605 g/mol. The molecule has 1 unspecified atom stereocenters. The van der Waals surface area contributed by atoms with Crippen LogP contribution in [0.4, 0.5) is 19.0 Å². The molecule has 4 aliphatic heterocycles. The number of methoxy groups -OCH3 is 1. The minimum absolute atomic E-state index is 0.00566. The number of fused-ring (bicyclic) bond motifs is 5. The van der Waals surface area contributed by atoms with E-state index < -0.39 is 11.6 Å². The lowest BCUT2D eigenvalue weighted by Gasteiger charge is -2.41. The van der Waals surface area contributed by atoms with Crippen molar-refractivity contribution < 1.29 is 22.6 Å². The van der Waals surface area contributed by atoms with Crippen LogP contribution in [0.3, 0.4) is 0 Å². The maximum Gasteiger partial charge on any atom is 0.319 e. The van der Waals surface area contributed by atoms with Crippen molar-refractivity contribution in [1.29, 1.82) is 0 Å². The topological polar surface area (TPSA) is 75.6 Å². The third-order valence-corrected chi connectivity index (χ3v) is 10.5.